The molecule has 1 unspecified atom stereocenters. The summed E-state index contributed by atoms with van der Waals surface area (Å²) in [5, 5.41) is 4.68. The predicted molar refractivity (Wildman–Crippen MR) is 224 cm³/mol. The number of rotatable bonds is 4. The van der Waals surface area contributed by atoms with Gasteiger partial charge < -0.3 is 8.83 Å². The third-order valence-corrected chi connectivity index (χ3v) is 12.2. The second-order valence-electron chi connectivity index (χ2n) is 15.7. The Hall–Kier alpha value is -6.19. The molecule has 1 aliphatic heterocycles. The van der Waals surface area contributed by atoms with Gasteiger partial charge in [0.05, 0.1) is 11.4 Å². The van der Waals surface area contributed by atoms with Crippen LogP contribution in [0.15, 0.2) is 182 Å². The van der Waals surface area contributed by atoms with E-state index in [1.165, 1.54) is 55.3 Å². The van der Waals surface area contributed by atoms with Crippen molar-refractivity contribution < 1.29 is 8.83 Å². The average Bonchev–Trinajstić information content (AvgIpc) is 3.76. The Bertz CT molecular complexity index is 2950. The Morgan fingerprint density at radius 3 is 2.20 bits per heavy atom. The fraction of sp³-hybridized carbons (Fsp3) is 0.157. The van der Waals surface area contributed by atoms with Crippen LogP contribution in [0.25, 0.3) is 55.0 Å². The van der Waals surface area contributed by atoms with Gasteiger partial charge in [-0.15, -0.1) is 0 Å². The lowest BCUT2D eigenvalue weighted by atomic mass is 9.77. The van der Waals surface area contributed by atoms with Crippen molar-refractivity contribution in [1.29, 1.82) is 0 Å². The maximum atomic E-state index is 6.39. The topological polar surface area (TPSA) is 38.6 Å². The Balaban J connectivity index is 0.958. The summed E-state index contributed by atoms with van der Waals surface area (Å²) in [6, 6.07) is 38.7. The Labute approximate surface area is 314 Å². The van der Waals surface area contributed by atoms with Gasteiger partial charge >= 0.3 is 0 Å². The van der Waals surface area contributed by atoms with Crippen LogP contribution in [-0.4, -0.2) is 5.71 Å². The summed E-state index contributed by atoms with van der Waals surface area (Å²) in [5.41, 5.74) is 17.6. The summed E-state index contributed by atoms with van der Waals surface area (Å²) in [6.07, 6.45) is 18.1. The van der Waals surface area contributed by atoms with E-state index in [-0.39, 0.29) is 5.41 Å². The van der Waals surface area contributed by atoms with E-state index in [0.29, 0.717) is 5.92 Å². The molecule has 0 spiro atoms. The highest BCUT2D eigenvalue weighted by molar-refractivity contribution is 6.10. The number of allylic oxidation sites excluding steroid dienone is 11. The van der Waals surface area contributed by atoms with Crippen LogP contribution in [0.4, 0.5) is 0 Å². The number of aliphatic imine (C=N–C) groups is 1. The third kappa shape index (κ3) is 4.91. The highest BCUT2D eigenvalue weighted by Gasteiger charge is 2.39. The lowest BCUT2D eigenvalue weighted by molar-refractivity contribution is 0.645. The number of nitrogens with zero attached hydrogens (tertiary/aromatic N) is 1. The third-order valence-electron chi connectivity index (χ3n) is 12.2. The summed E-state index contributed by atoms with van der Waals surface area (Å²) in [5.74, 6) is 0.293. The fourth-order valence-corrected chi connectivity index (χ4v) is 9.37. The second-order valence-corrected chi connectivity index (χ2v) is 15.7. The van der Waals surface area contributed by atoms with E-state index >= 15 is 0 Å². The summed E-state index contributed by atoms with van der Waals surface area (Å²) in [7, 11) is 0. The molecule has 260 valence electrons. The lowest BCUT2D eigenvalue weighted by Crippen LogP contribution is -2.17. The maximum Gasteiger partial charge on any atom is 0.136 e. The van der Waals surface area contributed by atoms with Gasteiger partial charge in [0, 0.05) is 44.9 Å². The van der Waals surface area contributed by atoms with Gasteiger partial charge in [-0.25, -0.2) is 0 Å². The van der Waals surface area contributed by atoms with Crippen LogP contribution in [0.2, 0.25) is 0 Å². The quantitative estimate of drug-likeness (QED) is 0.184. The maximum absolute atomic E-state index is 6.39. The van der Waals surface area contributed by atoms with Gasteiger partial charge in [-0.05, 0) is 106 Å². The van der Waals surface area contributed by atoms with Crippen molar-refractivity contribution in [3.05, 3.63) is 190 Å². The molecule has 5 aromatic carbocycles. The van der Waals surface area contributed by atoms with Crippen molar-refractivity contribution >= 4 is 60.7 Å². The Morgan fingerprint density at radius 1 is 0.667 bits per heavy atom. The molecule has 4 aliphatic rings. The molecule has 3 heteroatoms. The van der Waals surface area contributed by atoms with Crippen LogP contribution in [0.3, 0.4) is 0 Å². The molecule has 0 bridgehead atoms. The minimum Gasteiger partial charge on any atom is -0.456 e. The second kappa shape index (κ2) is 11.9. The van der Waals surface area contributed by atoms with Crippen LogP contribution in [0, 0.1) is 5.92 Å². The summed E-state index contributed by atoms with van der Waals surface area (Å²) in [4.78, 5) is 5.49. The summed E-state index contributed by atoms with van der Waals surface area (Å²) >= 11 is 0. The van der Waals surface area contributed by atoms with E-state index in [2.05, 4.69) is 147 Å². The van der Waals surface area contributed by atoms with E-state index in [1.807, 2.05) is 12.1 Å². The number of para-hydroxylation sites is 2. The first-order valence-electron chi connectivity index (χ1n) is 19.2. The number of hydrogen-bond acceptors (Lipinski definition) is 3. The zero-order valence-electron chi connectivity index (χ0n) is 30.5. The molecule has 54 heavy (non-hydrogen) atoms. The molecular weight excluding hydrogens is 659 g/mol. The molecule has 0 N–H and O–H groups in total. The zero-order valence-corrected chi connectivity index (χ0v) is 30.5. The molecule has 0 radical (unpaired) electrons. The van der Waals surface area contributed by atoms with Gasteiger partial charge in [0.2, 0.25) is 0 Å². The molecule has 0 saturated heterocycles. The molecule has 2 aromatic heterocycles. The first-order valence-corrected chi connectivity index (χ1v) is 19.2. The largest absolute Gasteiger partial charge is 0.456 e. The first kappa shape index (κ1) is 31.3. The van der Waals surface area contributed by atoms with Crippen molar-refractivity contribution in [2.24, 2.45) is 10.9 Å². The minimum atomic E-state index is -0.0670. The van der Waals surface area contributed by atoms with Gasteiger partial charge in [0.1, 0.15) is 22.3 Å². The van der Waals surface area contributed by atoms with E-state index in [0.717, 1.165) is 75.8 Å². The van der Waals surface area contributed by atoms with E-state index in [1.54, 1.807) is 0 Å². The lowest BCUT2D eigenvalue weighted by Gasteiger charge is -2.27. The van der Waals surface area contributed by atoms with E-state index < -0.39 is 0 Å². The molecule has 1 atom stereocenters. The smallest absolute Gasteiger partial charge is 0.136 e. The van der Waals surface area contributed by atoms with Gasteiger partial charge in [-0.2, -0.15) is 0 Å². The fourth-order valence-electron chi connectivity index (χ4n) is 9.37. The Kier molecular flexibility index (Phi) is 6.91. The Morgan fingerprint density at radius 2 is 1.39 bits per heavy atom. The molecular formula is C51H39NO2. The van der Waals surface area contributed by atoms with Crippen molar-refractivity contribution in [2.75, 3.05) is 0 Å². The van der Waals surface area contributed by atoms with Gasteiger partial charge in [0.15, 0.2) is 0 Å². The monoisotopic (exact) mass is 697 g/mol. The molecule has 3 aliphatic carbocycles. The molecule has 7 aromatic rings. The van der Waals surface area contributed by atoms with Crippen LogP contribution < -0.4 is 0 Å². The number of benzene rings is 5. The van der Waals surface area contributed by atoms with Gasteiger partial charge in [-0.1, -0.05) is 117 Å². The highest BCUT2D eigenvalue weighted by atomic mass is 16.3. The van der Waals surface area contributed by atoms with Gasteiger partial charge in [0.25, 0.3) is 0 Å². The molecule has 3 nitrogen and oxygen atoms in total. The molecule has 0 saturated carbocycles. The van der Waals surface area contributed by atoms with Crippen molar-refractivity contribution in [1.82, 2.24) is 0 Å². The zero-order chi connectivity index (χ0) is 36.0. The van der Waals surface area contributed by atoms with Crippen molar-refractivity contribution in [3.63, 3.8) is 0 Å². The number of hydrogen-bond donors (Lipinski definition) is 0. The van der Waals surface area contributed by atoms with Crippen LogP contribution in [0.5, 0.6) is 0 Å². The van der Waals surface area contributed by atoms with Crippen molar-refractivity contribution in [3.8, 4) is 0 Å². The molecule has 3 heterocycles. The van der Waals surface area contributed by atoms with Gasteiger partial charge in [-0.3, -0.25) is 4.99 Å². The summed E-state index contributed by atoms with van der Waals surface area (Å²) < 4.78 is 12.7. The first-order chi connectivity index (χ1) is 26.5. The minimum absolute atomic E-state index is 0.0670. The number of fused-ring (bicyclic) bond motifs is 8. The predicted octanol–water partition coefficient (Wildman–Crippen LogP) is 13.6. The summed E-state index contributed by atoms with van der Waals surface area (Å²) in [6.45, 7) is 4.76. The molecule has 0 amide bonds. The van der Waals surface area contributed by atoms with Crippen molar-refractivity contribution in [2.45, 2.75) is 44.9 Å². The van der Waals surface area contributed by atoms with Crippen LogP contribution in [-0.2, 0) is 5.41 Å². The highest BCUT2D eigenvalue weighted by Crippen LogP contribution is 2.53. The number of furan rings is 2. The normalized spacial score (nSPS) is 19.4. The molecule has 0 fully saturated rings. The van der Waals surface area contributed by atoms with E-state index in [4.69, 9.17) is 13.8 Å². The van der Waals surface area contributed by atoms with Crippen LogP contribution >= 0.6 is 0 Å². The van der Waals surface area contributed by atoms with E-state index in [9.17, 15) is 0 Å². The average molecular weight is 698 g/mol. The standard InChI is InChI=1S/C51H39NO2/c1-51(2)43-23-20-33(26-40(43)41-30-50-42(29-44(41)51)38-16-7-9-18-48(38)54-50)32-13-10-14-35(25-32)46-27-34(31-11-4-3-5-12-31)21-24-45(52-46)36-19-22-39-37-15-6-8-17-47(37)53-49(39)28-36/h3-9,11-13,15-23,25,27-30,33H,10,14,24,26H2,1-2H3. The van der Waals surface area contributed by atoms with Crippen LogP contribution in [0.1, 0.15) is 61.8 Å². The molecule has 11 rings (SSSR count). The SMILES string of the molecule is CC1(C)C2=C(CC(C3=CCCC(C4=CC(c5ccccc5)=CCC(c5ccc6c(c5)oc5ccccc56)=N4)=C3)C=C2)c2cc3oc4ccccc4c3cc21.